The van der Waals surface area contributed by atoms with Gasteiger partial charge in [0.25, 0.3) is 0 Å². The SMILES string of the molecule is Cc1cccc(CN(C)c2cccc(Cl)n2)c1. The van der Waals surface area contributed by atoms with Crippen molar-refractivity contribution in [2.45, 2.75) is 13.5 Å². The summed E-state index contributed by atoms with van der Waals surface area (Å²) in [5, 5.41) is 0.526. The van der Waals surface area contributed by atoms with Crippen LogP contribution in [-0.2, 0) is 6.54 Å². The first-order valence-corrected chi connectivity index (χ1v) is 5.92. The molecule has 0 radical (unpaired) electrons. The van der Waals surface area contributed by atoms with E-state index in [0.29, 0.717) is 5.15 Å². The smallest absolute Gasteiger partial charge is 0.131 e. The number of nitrogens with zero attached hydrogens (tertiary/aromatic N) is 2. The summed E-state index contributed by atoms with van der Waals surface area (Å²) < 4.78 is 0. The Labute approximate surface area is 107 Å². The summed E-state index contributed by atoms with van der Waals surface area (Å²) in [6.45, 7) is 2.93. The van der Waals surface area contributed by atoms with Gasteiger partial charge in [-0.05, 0) is 24.6 Å². The van der Waals surface area contributed by atoms with Gasteiger partial charge in [0.2, 0.25) is 0 Å². The van der Waals surface area contributed by atoms with Crippen LogP contribution in [0.25, 0.3) is 0 Å². The van der Waals surface area contributed by atoms with Gasteiger partial charge in [0.15, 0.2) is 0 Å². The normalized spacial score (nSPS) is 10.3. The number of aromatic nitrogens is 1. The lowest BCUT2D eigenvalue weighted by molar-refractivity contribution is 0.897. The molecule has 0 unspecified atom stereocenters. The minimum absolute atomic E-state index is 0.526. The quantitative estimate of drug-likeness (QED) is 0.768. The van der Waals surface area contributed by atoms with E-state index in [2.05, 4.69) is 41.1 Å². The van der Waals surface area contributed by atoms with Gasteiger partial charge in [-0.1, -0.05) is 47.5 Å². The molecular formula is C14H15ClN2. The number of pyridine rings is 1. The topological polar surface area (TPSA) is 16.1 Å². The molecule has 3 heteroatoms. The zero-order valence-corrected chi connectivity index (χ0v) is 10.8. The zero-order valence-electron chi connectivity index (χ0n) is 10.0. The van der Waals surface area contributed by atoms with Crippen molar-refractivity contribution in [1.82, 2.24) is 4.98 Å². The van der Waals surface area contributed by atoms with E-state index in [4.69, 9.17) is 11.6 Å². The third-order valence-corrected chi connectivity index (χ3v) is 2.80. The van der Waals surface area contributed by atoms with E-state index in [1.807, 2.05) is 19.2 Å². The van der Waals surface area contributed by atoms with Crippen LogP contribution in [0.2, 0.25) is 5.15 Å². The van der Waals surface area contributed by atoms with Crippen LogP contribution in [0, 0.1) is 6.92 Å². The second-order valence-electron chi connectivity index (χ2n) is 4.16. The fraction of sp³-hybridized carbons (Fsp3) is 0.214. The second kappa shape index (κ2) is 5.19. The fourth-order valence-electron chi connectivity index (χ4n) is 1.78. The lowest BCUT2D eigenvalue weighted by Crippen LogP contribution is -2.17. The summed E-state index contributed by atoms with van der Waals surface area (Å²) in [6.07, 6.45) is 0. The van der Waals surface area contributed by atoms with Crippen molar-refractivity contribution in [3.8, 4) is 0 Å². The highest BCUT2D eigenvalue weighted by Crippen LogP contribution is 2.16. The Morgan fingerprint density at radius 1 is 1.18 bits per heavy atom. The van der Waals surface area contributed by atoms with Crippen LogP contribution in [0.15, 0.2) is 42.5 Å². The molecule has 1 heterocycles. The first-order chi connectivity index (χ1) is 8.15. The van der Waals surface area contributed by atoms with E-state index >= 15 is 0 Å². The highest BCUT2D eigenvalue weighted by Gasteiger charge is 2.04. The Bertz CT molecular complexity index is 511. The van der Waals surface area contributed by atoms with Crippen molar-refractivity contribution in [1.29, 1.82) is 0 Å². The molecule has 0 aliphatic heterocycles. The van der Waals surface area contributed by atoms with Crippen LogP contribution in [0.1, 0.15) is 11.1 Å². The molecule has 0 saturated heterocycles. The summed E-state index contributed by atoms with van der Waals surface area (Å²) >= 11 is 5.88. The van der Waals surface area contributed by atoms with Crippen LogP contribution < -0.4 is 4.90 Å². The van der Waals surface area contributed by atoms with Crippen LogP contribution in [0.4, 0.5) is 5.82 Å². The minimum Gasteiger partial charge on any atom is -0.355 e. The molecule has 0 aliphatic carbocycles. The van der Waals surface area contributed by atoms with Gasteiger partial charge in [-0.25, -0.2) is 4.98 Å². The van der Waals surface area contributed by atoms with Crippen LogP contribution in [-0.4, -0.2) is 12.0 Å². The van der Waals surface area contributed by atoms with Crippen molar-refractivity contribution in [3.63, 3.8) is 0 Å². The molecule has 2 nitrogen and oxygen atoms in total. The Hall–Kier alpha value is -1.54. The predicted octanol–water partition coefficient (Wildman–Crippen LogP) is 3.68. The summed E-state index contributed by atoms with van der Waals surface area (Å²) in [7, 11) is 2.01. The molecule has 0 N–H and O–H groups in total. The number of hydrogen-bond acceptors (Lipinski definition) is 2. The van der Waals surface area contributed by atoms with Gasteiger partial charge in [-0.2, -0.15) is 0 Å². The summed E-state index contributed by atoms with van der Waals surface area (Å²) in [4.78, 5) is 6.37. The molecule has 0 atom stereocenters. The number of rotatable bonds is 3. The minimum atomic E-state index is 0.526. The van der Waals surface area contributed by atoms with E-state index in [-0.39, 0.29) is 0 Å². The standard InChI is InChI=1S/C14H15ClN2/c1-11-5-3-6-12(9-11)10-17(2)14-8-4-7-13(15)16-14/h3-9H,10H2,1-2H3. The van der Waals surface area contributed by atoms with Crippen molar-refractivity contribution < 1.29 is 0 Å². The second-order valence-corrected chi connectivity index (χ2v) is 4.55. The summed E-state index contributed by atoms with van der Waals surface area (Å²) in [6, 6.07) is 14.1. The molecule has 0 spiro atoms. The van der Waals surface area contributed by atoms with E-state index in [9.17, 15) is 0 Å². The number of anilines is 1. The molecular weight excluding hydrogens is 232 g/mol. The van der Waals surface area contributed by atoms with Crippen molar-refractivity contribution in [3.05, 3.63) is 58.7 Å². The summed E-state index contributed by atoms with van der Waals surface area (Å²) in [5.74, 6) is 0.888. The monoisotopic (exact) mass is 246 g/mol. The van der Waals surface area contributed by atoms with Crippen molar-refractivity contribution in [2.75, 3.05) is 11.9 Å². The van der Waals surface area contributed by atoms with Crippen LogP contribution in [0.3, 0.4) is 0 Å². The first kappa shape index (κ1) is 11.9. The number of aryl methyl sites for hydroxylation is 1. The highest BCUT2D eigenvalue weighted by atomic mass is 35.5. The van der Waals surface area contributed by atoms with Gasteiger partial charge in [0.1, 0.15) is 11.0 Å². The van der Waals surface area contributed by atoms with E-state index in [0.717, 1.165) is 12.4 Å². The average molecular weight is 247 g/mol. The third-order valence-electron chi connectivity index (χ3n) is 2.59. The Morgan fingerprint density at radius 3 is 2.65 bits per heavy atom. The summed E-state index contributed by atoms with van der Waals surface area (Å²) in [5.41, 5.74) is 2.55. The molecule has 0 fully saturated rings. The first-order valence-electron chi connectivity index (χ1n) is 5.54. The van der Waals surface area contributed by atoms with Crippen molar-refractivity contribution >= 4 is 17.4 Å². The van der Waals surface area contributed by atoms with Gasteiger partial charge >= 0.3 is 0 Å². The number of halogens is 1. The van der Waals surface area contributed by atoms with Crippen LogP contribution >= 0.6 is 11.6 Å². The molecule has 0 saturated carbocycles. The molecule has 1 aromatic carbocycles. The van der Waals surface area contributed by atoms with Gasteiger partial charge in [-0.3, -0.25) is 0 Å². The molecule has 0 amide bonds. The van der Waals surface area contributed by atoms with E-state index in [1.165, 1.54) is 11.1 Å². The van der Waals surface area contributed by atoms with E-state index in [1.54, 1.807) is 6.07 Å². The molecule has 1 aromatic heterocycles. The molecule has 2 aromatic rings. The predicted molar refractivity (Wildman–Crippen MR) is 72.5 cm³/mol. The largest absolute Gasteiger partial charge is 0.355 e. The van der Waals surface area contributed by atoms with Gasteiger partial charge in [0.05, 0.1) is 0 Å². The van der Waals surface area contributed by atoms with Crippen molar-refractivity contribution in [2.24, 2.45) is 0 Å². The maximum absolute atomic E-state index is 5.88. The molecule has 17 heavy (non-hydrogen) atoms. The molecule has 0 aliphatic rings. The lowest BCUT2D eigenvalue weighted by atomic mass is 10.1. The van der Waals surface area contributed by atoms with Gasteiger partial charge < -0.3 is 4.90 Å². The average Bonchev–Trinajstić information content (AvgIpc) is 2.29. The Balaban J connectivity index is 2.14. The third kappa shape index (κ3) is 3.21. The Kier molecular flexibility index (Phi) is 3.64. The number of hydrogen-bond donors (Lipinski definition) is 0. The molecule has 0 bridgehead atoms. The zero-order chi connectivity index (χ0) is 12.3. The molecule has 88 valence electrons. The van der Waals surface area contributed by atoms with E-state index < -0.39 is 0 Å². The van der Waals surface area contributed by atoms with Gasteiger partial charge in [-0.15, -0.1) is 0 Å². The molecule has 2 rings (SSSR count). The number of benzene rings is 1. The highest BCUT2D eigenvalue weighted by molar-refractivity contribution is 6.29. The Morgan fingerprint density at radius 2 is 1.94 bits per heavy atom. The fourth-order valence-corrected chi connectivity index (χ4v) is 1.93. The maximum Gasteiger partial charge on any atom is 0.131 e. The van der Waals surface area contributed by atoms with Gasteiger partial charge in [0, 0.05) is 13.6 Å². The maximum atomic E-state index is 5.88. The lowest BCUT2D eigenvalue weighted by Gasteiger charge is -2.18. The van der Waals surface area contributed by atoms with Crippen LogP contribution in [0.5, 0.6) is 0 Å².